The molecule has 0 spiro atoms. The molecule has 5 nitrogen and oxygen atoms in total. The molecule has 0 aliphatic heterocycles. The van der Waals surface area contributed by atoms with E-state index in [-0.39, 0.29) is 18.7 Å². The Kier molecular flexibility index (Phi) is 7.69. The number of methoxy groups -OCH3 is 1. The van der Waals surface area contributed by atoms with Gasteiger partial charge in [-0.1, -0.05) is 31.2 Å². The predicted molar refractivity (Wildman–Crippen MR) is 78.3 cm³/mol. The molecule has 0 radical (unpaired) electrons. The summed E-state index contributed by atoms with van der Waals surface area (Å²) in [4.78, 5) is 11.8. The van der Waals surface area contributed by atoms with Crippen LogP contribution in [0.15, 0.2) is 24.3 Å². The average Bonchev–Trinajstić information content (AvgIpc) is 2.46. The number of ether oxygens (including phenoxy) is 1. The standard InChI is InChI=1S/C15H24N2O3/c1-3-14(8-9-18)17-15(19)16-10-12-6-4-5-7-13(12)11-20-2/h4-7,14,18H,3,8-11H2,1-2H3,(H2,16,17,19). The fourth-order valence-corrected chi connectivity index (χ4v) is 1.97. The Hall–Kier alpha value is -1.59. The van der Waals surface area contributed by atoms with Crippen LogP contribution in [0, 0.1) is 0 Å². The molecule has 0 heterocycles. The van der Waals surface area contributed by atoms with Crippen LogP contribution in [0.3, 0.4) is 0 Å². The summed E-state index contributed by atoms with van der Waals surface area (Å²) in [6.45, 7) is 3.05. The number of benzene rings is 1. The van der Waals surface area contributed by atoms with Gasteiger partial charge in [-0.3, -0.25) is 0 Å². The SMILES string of the molecule is CCC(CCO)NC(=O)NCc1ccccc1COC. The second kappa shape index (κ2) is 9.34. The minimum absolute atomic E-state index is 0.00854. The molecule has 5 heteroatoms. The molecule has 0 saturated heterocycles. The van der Waals surface area contributed by atoms with Gasteiger partial charge in [0, 0.05) is 26.3 Å². The molecule has 0 aromatic heterocycles. The van der Waals surface area contributed by atoms with E-state index in [0.717, 1.165) is 17.5 Å². The van der Waals surface area contributed by atoms with E-state index in [4.69, 9.17) is 9.84 Å². The number of amides is 2. The van der Waals surface area contributed by atoms with Crippen molar-refractivity contribution in [1.29, 1.82) is 0 Å². The maximum Gasteiger partial charge on any atom is 0.315 e. The van der Waals surface area contributed by atoms with Gasteiger partial charge < -0.3 is 20.5 Å². The molecule has 1 rings (SSSR count). The van der Waals surface area contributed by atoms with Gasteiger partial charge in [-0.25, -0.2) is 4.79 Å². The molecule has 0 aliphatic rings. The van der Waals surface area contributed by atoms with Gasteiger partial charge in [0.2, 0.25) is 0 Å². The first-order valence-electron chi connectivity index (χ1n) is 6.92. The Morgan fingerprint density at radius 3 is 2.65 bits per heavy atom. The van der Waals surface area contributed by atoms with Crippen molar-refractivity contribution in [3.63, 3.8) is 0 Å². The first-order chi connectivity index (χ1) is 9.71. The summed E-state index contributed by atoms with van der Waals surface area (Å²) in [5.74, 6) is 0. The highest BCUT2D eigenvalue weighted by molar-refractivity contribution is 5.74. The molecule has 1 aromatic rings. The normalized spacial score (nSPS) is 11.9. The van der Waals surface area contributed by atoms with Gasteiger partial charge in [0.05, 0.1) is 6.61 Å². The summed E-state index contributed by atoms with van der Waals surface area (Å²) in [6.07, 6.45) is 1.37. The lowest BCUT2D eigenvalue weighted by atomic mass is 10.1. The zero-order chi connectivity index (χ0) is 14.8. The minimum atomic E-state index is -0.211. The van der Waals surface area contributed by atoms with Crippen molar-refractivity contribution in [3.8, 4) is 0 Å². The Morgan fingerprint density at radius 2 is 2.05 bits per heavy atom. The molecule has 112 valence electrons. The van der Waals surface area contributed by atoms with E-state index < -0.39 is 0 Å². The van der Waals surface area contributed by atoms with Gasteiger partial charge in [-0.05, 0) is 24.0 Å². The second-order valence-electron chi connectivity index (χ2n) is 4.65. The largest absolute Gasteiger partial charge is 0.396 e. The van der Waals surface area contributed by atoms with Crippen LogP contribution in [0.2, 0.25) is 0 Å². The van der Waals surface area contributed by atoms with E-state index in [1.807, 2.05) is 31.2 Å². The molecule has 1 aromatic carbocycles. The number of carbonyl (C=O) groups is 1. The van der Waals surface area contributed by atoms with Crippen LogP contribution in [-0.2, 0) is 17.9 Å². The number of carbonyl (C=O) groups excluding carboxylic acids is 1. The Bertz CT molecular complexity index is 410. The molecule has 1 unspecified atom stereocenters. The Balaban J connectivity index is 2.48. The van der Waals surface area contributed by atoms with Crippen molar-refractivity contribution in [2.45, 2.75) is 39.0 Å². The third-order valence-electron chi connectivity index (χ3n) is 3.16. The molecule has 0 bridgehead atoms. The number of rotatable bonds is 8. The maximum absolute atomic E-state index is 11.8. The third-order valence-corrected chi connectivity index (χ3v) is 3.16. The monoisotopic (exact) mass is 280 g/mol. The van der Waals surface area contributed by atoms with Crippen LogP contribution < -0.4 is 10.6 Å². The summed E-state index contributed by atoms with van der Waals surface area (Å²) in [6, 6.07) is 7.64. The van der Waals surface area contributed by atoms with Crippen LogP contribution >= 0.6 is 0 Å². The van der Waals surface area contributed by atoms with E-state index in [9.17, 15) is 4.79 Å². The van der Waals surface area contributed by atoms with Gasteiger partial charge in [-0.2, -0.15) is 0 Å². The van der Waals surface area contributed by atoms with Crippen LogP contribution in [0.1, 0.15) is 30.9 Å². The Labute approximate surface area is 120 Å². The topological polar surface area (TPSA) is 70.6 Å². The quantitative estimate of drug-likeness (QED) is 0.680. The third kappa shape index (κ3) is 5.59. The molecule has 0 aliphatic carbocycles. The maximum atomic E-state index is 11.8. The summed E-state index contributed by atoms with van der Waals surface area (Å²) < 4.78 is 5.13. The second-order valence-corrected chi connectivity index (χ2v) is 4.65. The molecule has 20 heavy (non-hydrogen) atoms. The first kappa shape index (κ1) is 16.5. The number of aliphatic hydroxyl groups excluding tert-OH is 1. The summed E-state index contributed by atoms with van der Waals surface area (Å²) in [5.41, 5.74) is 2.11. The van der Waals surface area contributed by atoms with Crippen LogP contribution in [0.4, 0.5) is 4.79 Å². The first-order valence-corrected chi connectivity index (χ1v) is 6.92. The van der Waals surface area contributed by atoms with Crippen LogP contribution in [0.25, 0.3) is 0 Å². The van der Waals surface area contributed by atoms with Crippen molar-refractivity contribution in [1.82, 2.24) is 10.6 Å². The Morgan fingerprint density at radius 1 is 1.35 bits per heavy atom. The molecule has 0 fully saturated rings. The van der Waals surface area contributed by atoms with Gasteiger partial charge in [-0.15, -0.1) is 0 Å². The highest BCUT2D eigenvalue weighted by Gasteiger charge is 2.10. The van der Waals surface area contributed by atoms with E-state index in [2.05, 4.69) is 10.6 Å². The van der Waals surface area contributed by atoms with Crippen molar-refractivity contribution in [2.75, 3.05) is 13.7 Å². The molecule has 3 N–H and O–H groups in total. The number of hydrogen-bond acceptors (Lipinski definition) is 3. The van der Waals surface area contributed by atoms with Crippen LogP contribution in [-0.4, -0.2) is 30.9 Å². The summed E-state index contributed by atoms with van der Waals surface area (Å²) >= 11 is 0. The van der Waals surface area contributed by atoms with Gasteiger partial charge in [0.25, 0.3) is 0 Å². The van der Waals surface area contributed by atoms with Crippen molar-refractivity contribution in [2.24, 2.45) is 0 Å². The number of hydrogen-bond donors (Lipinski definition) is 3. The van der Waals surface area contributed by atoms with Gasteiger partial charge in [0.1, 0.15) is 0 Å². The van der Waals surface area contributed by atoms with Gasteiger partial charge in [0.15, 0.2) is 0 Å². The van der Waals surface area contributed by atoms with E-state index in [1.54, 1.807) is 7.11 Å². The molecule has 1 atom stereocenters. The minimum Gasteiger partial charge on any atom is -0.396 e. The molecular weight excluding hydrogens is 256 g/mol. The lowest BCUT2D eigenvalue weighted by Gasteiger charge is -2.17. The molecule has 0 saturated carbocycles. The number of urea groups is 1. The zero-order valence-corrected chi connectivity index (χ0v) is 12.2. The van der Waals surface area contributed by atoms with Crippen molar-refractivity contribution < 1.29 is 14.6 Å². The fourth-order valence-electron chi connectivity index (χ4n) is 1.97. The van der Waals surface area contributed by atoms with E-state index >= 15 is 0 Å². The predicted octanol–water partition coefficient (Wildman–Crippen LogP) is 1.79. The smallest absolute Gasteiger partial charge is 0.315 e. The number of aliphatic hydroxyl groups is 1. The highest BCUT2D eigenvalue weighted by atomic mass is 16.5. The van der Waals surface area contributed by atoms with Crippen molar-refractivity contribution in [3.05, 3.63) is 35.4 Å². The van der Waals surface area contributed by atoms with Crippen molar-refractivity contribution >= 4 is 6.03 Å². The number of nitrogens with one attached hydrogen (secondary N) is 2. The van der Waals surface area contributed by atoms with E-state index in [0.29, 0.717) is 19.6 Å². The summed E-state index contributed by atoms with van der Waals surface area (Å²) in [5, 5.41) is 14.6. The summed E-state index contributed by atoms with van der Waals surface area (Å²) in [7, 11) is 1.65. The zero-order valence-electron chi connectivity index (χ0n) is 12.2. The molecule has 2 amide bonds. The average molecular weight is 280 g/mol. The molecular formula is C15H24N2O3. The van der Waals surface area contributed by atoms with Gasteiger partial charge >= 0.3 is 6.03 Å². The van der Waals surface area contributed by atoms with Crippen LogP contribution in [0.5, 0.6) is 0 Å². The highest BCUT2D eigenvalue weighted by Crippen LogP contribution is 2.09. The van der Waals surface area contributed by atoms with E-state index in [1.165, 1.54) is 0 Å². The lowest BCUT2D eigenvalue weighted by molar-refractivity contribution is 0.184. The lowest BCUT2D eigenvalue weighted by Crippen LogP contribution is -2.42. The fraction of sp³-hybridized carbons (Fsp3) is 0.533.